The van der Waals surface area contributed by atoms with Crippen LogP contribution in [0.15, 0.2) is 30.3 Å². The molecule has 1 amide bonds. The molecule has 1 heterocycles. The first-order chi connectivity index (χ1) is 8.46. The molecule has 4 nitrogen and oxygen atoms in total. The van der Waals surface area contributed by atoms with E-state index in [4.69, 9.17) is 9.47 Å². The quantitative estimate of drug-likeness (QED) is 0.838. The Hall–Kier alpha value is -1.55. The number of rotatable bonds is 3. The number of nitrogens with one attached hydrogen (secondary N) is 1. The van der Waals surface area contributed by atoms with E-state index in [1.165, 1.54) is 0 Å². The summed E-state index contributed by atoms with van der Waals surface area (Å²) >= 11 is 0. The molecule has 0 aliphatic carbocycles. The van der Waals surface area contributed by atoms with E-state index in [2.05, 4.69) is 5.32 Å². The van der Waals surface area contributed by atoms with Gasteiger partial charge in [0.1, 0.15) is 11.7 Å². The zero-order chi connectivity index (χ0) is 13.2. The van der Waals surface area contributed by atoms with Gasteiger partial charge in [-0.25, -0.2) is 4.79 Å². The average molecular weight is 249 g/mol. The van der Waals surface area contributed by atoms with Crippen LogP contribution in [0.1, 0.15) is 32.4 Å². The van der Waals surface area contributed by atoms with Crippen LogP contribution in [0.25, 0.3) is 0 Å². The summed E-state index contributed by atoms with van der Waals surface area (Å²) in [7, 11) is 0. The first-order valence-corrected chi connectivity index (χ1v) is 6.12. The smallest absolute Gasteiger partial charge is 0.408 e. The highest BCUT2D eigenvalue weighted by molar-refractivity contribution is 5.68. The Bertz CT molecular complexity index is 407. The number of alkyl carbamates (subject to hydrolysis) is 1. The number of amides is 1. The number of hydrogen-bond acceptors (Lipinski definition) is 3. The lowest BCUT2D eigenvalue weighted by atomic mass is 10.0. The van der Waals surface area contributed by atoms with E-state index in [1.54, 1.807) is 0 Å². The van der Waals surface area contributed by atoms with Crippen molar-refractivity contribution in [3.05, 3.63) is 35.9 Å². The minimum Gasteiger partial charge on any atom is -0.444 e. The van der Waals surface area contributed by atoms with Crippen LogP contribution < -0.4 is 5.32 Å². The summed E-state index contributed by atoms with van der Waals surface area (Å²) in [5, 5.41) is 2.87. The highest BCUT2D eigenvalue weighted by Gasteiger charge is 2.35. The van der Waals surface area contributed by atoms with Crippen LogP contribution in [0, 0.1) is 0 Å². The fourth-order valence-electron chi connectivity index (χ4n) is 1.73. The van der Waals surface area contributed by atoms with Gasteiger partial charge < -0.3 is 14.8 Å². The number of epoxide rings is 1. The lowest BCUT2D eigenvalue weighted by Gasteiger charge is -2.23. The molecular weight excluding hydrogens is 230 g/mol. The fraction of sp³-hybridized carbons (Fsp3) is 0.500. The molecule has 1 unspecified atom stereocenters. The molecule has 1 aliphatic rings. The number of carbonyl (C=O) groups excluding carboxylic acids is 1. The van der Waals surface area contributed by atoms with Crippen LogP contribution in [0.4, 0.5) is 4.79 Å². The van der Waals surface area contributed by atoms with E-state index in [0.717, 1.165) is 5.56 Å². The van der Waals surface area contributed by atoms with Gasteiger partial charge in [-0.3, -0.25) is 0 Å². The van der Waals surface area contributed by atoms with E-state index in [0.29, 0.717) is 6.61 Å². The van der Waals surface area contributed by atoms with Crippen molar-refractivity contribution in [1.29, 1.82) is 0 Å². The predicted molar refractivity (Wildman–Crippen MR) is 68.3 cm³/mol. The molecule has 1 saturated heterocycles. The van der Waals surface area contributed by atoms with Gasteiger partial charge in [0.05, 0.1) is 12.6 Å². The monoisotopic (exact) mass is 249 g/mol. The molecule has 18 heavy (non-hydrogen) atoms. The molecule has 98 valence electrons. The summed E-state index contributed by atoms with van der Waals surface area (Å²) in [5.74, 6) is 0. The second-order valence-electron chi connectivity index (χ2n) is 5.41. The van der Waals surface area contributed by atoms with Crippen molar-refractivity contribution in [3.8, 4) is 0 Å². The van der Waals surface area contributed by atoms with Gasteiger partial charge in [0.2, 0.25) is 0 Å². The van der Waals surface area contributed by atoms with Crippen molar-refractivity contribution < 1.29 is 14.3 Å². The summed E-state index contributed by atoms with van der Waals surface area (Å²) in [6, 6.07) is 9.65. The van der Waals surface area contributed by atoms with Gasteiger partial charge in [-0.05, 0) is 26.3 Å². The molecule has 2 rings (SSSR count). The molecule has 0 saturated carbocycles. The van der Waals surface area contributed by atoms with Gasteiger partial charge >= 0.3 is 6.09 Å². The summed E-state index contributed by atoms with van der Waals surface area (Å²) in [4.78, 5) is 11.8. The molecule has 2 atom stereocenters. The lowest BCUT2D eigenvalue weighted by molar-refractivity contribution is 0.0494. The fourth-order valence-corrected chi connectivity index (χ4v) is 1.73. The van der Waals surface area contributed by atoms with E-state index in [9.17, 15) is 4.79 Å². The molecule has 0 bridgehead atoms. The maximum atomic E-state index is 11.8. The molecule has 1 fully saturated rings. The molecule has 1 aromatic rings. The highest BCUT2D eigenvalue weighted by Crippen LogP contribution is 2.27. The summed E-state index contributed by atoms with van der Waals surface area (Å²) < 4.78 is 10.5. The van der Waals surface area contributed by atoms with E-state index in [1.807, 2.05) is 51.1 Å². The number of carbonyl (C=O) groups is 1. The molecule has 0 aromatic heterocycles. The van der Waals surface area contributed by atoms with Crippen molar-refractivity contribution in [3.63, 3.8) is 0 Å². The van der Waals surface area contributed by atoms with E-state index in [-0.39, 0.29) is 12.1 Å². The van der Waals surface area contributed by atoms with Crippen molar-refractivity contribution >= 4 is 6.09 Å². The highest BCUT2D eigenvalue weighted by atomic mass is 16.6. The van der Waals surface area contributed by atoms with Crippen LogP contribution in [0.2, 0.25) is 0 Å². The average Bonchev–Trinajstić information content (AvgIpc) is 3.08. The SMILES string of the molecule is CC(C)(C)OC(=O)NC(c1ccccc1)[C@@H]1CO1. The zero-order valence-corrected chi connectivity index (χ0v) is 11.0. The Labute approximate surface area is 107 Å². The van der Waals surface area contributed by atoms with Gasteiger partial charge in [0.25, 0.3) is 0 Å². The summed E-state index contributed by atoms with van der Waals surface area (Å²) in [5.41, 5.74) is 0.543. The molecular formula is C14H19NO3. The van der Waals surface area contributed by atoms with Gasteiger partial charge in [-0.2, -0.15) is 0 Å². The van der Waals surface area contributed by atoms with Crippen LogP contribution >= 0.6 is 0 Å². The van der Waals surface area contributed by atoms with Crippen molar-refractivity contribution in [2.45, 2.75) is 38.5 Å². The van der Waals surface area contributed by atoms with Gasteiger partial charge in [0, 0.05) is 0 Å². The number of benzene rings is 1. The third-order valence-corrected chi connectivity index (χ3v) is 2.56. The number of ether oxygens (including phenoxy) is 2. The van der Waals surface area contributed by atoms with Gasteiger partial charge in [-0.1, -0.05) is 30.3 Å². The minimum absolute atomic E-state index is 0.0555. The topological polar surface area (TPSA) is 50.9 Å². The zero-order valence-electron chi connectivity index (χ0n) is 11.0. The maximum Gasteiger partial charge on any atom is 0.408 e. The Morgan fingerprint density at radius 1 is 1.39 bits per heavy atom. The first kappa shape index (κ1) is 12.9. The van der Waals surface area contributed by atoms with Crippen LogP contribution in [0.5, 0.6) is 0 Å². The van der Waals surface area contributed by atoms with Crippen LogP contribution in [-0.4, -0.2) is 24.4 Å². The predicted octanol–water partition coefficient (Wildman–Crippen LogP) is 2.65. The standard InChI is InChI=1S/C14H19NO3/c1-14(2,3)18-13(16)15-12(11-9-17-11)10-7-5-4-6-8-10/h4-8,11-12H,9H2,1-3H3,(H,15,16)/t11-,12?/m0/s1. The van der Waals surface area contributed by atoms with Crippen LogP contribution in [-0.2, 0) is 9.47 Å². The summed E-state index contributed by atoms with van der Waals surface area (Å²) in [6.07, 6.45) is -0.355. The number of hydrogen-bond donors (Lipinski definition) is 1. The van der Waals surface area contributed by atoms with Crippen molar-refractivity contribution in [1.82, 2.24) is 5.32 Å². The maximum absolute atomic E-state index is 11.8. The second kappa shape index (κ2) is 4.98. The molecule has 1 N–H and O–H groups in total. The third kappa shape index (κ3) is 3.74. The van der Waals surface area contributed by atoms with E-state index >= 15 is 0 Å². The largest absolute Gasteiger partial charge is 0.444 e. The van der Waals surface area contributed by atoms with Gasteiger partial charge in [0.15, 0.2) is 0 Å². The van der Waals surface area contributed by atoms with Crippen molar-refractivity contribution in [2.75, 3.05) is 6.61 Å². The van der Waals surface area contributed by atoms with Crippen LogP contribution in [0.3, 0.4) is 0 Å². The third-order valence-electron chi connectivity index (χ3n) is 2.56. The Morgan fingerprint density at radius 2 is 2.00 bits per heavy atom. The molecule has 1 aromatic carbocycles. The Kier molecular flexibility index (Phi) is 3.57. The second-order valence-corrected chi connectivity index (χ2v) is 5.41. The van der Waals surface area contributed by atoms with E-state index < -0.39 is 11.7 Å². The molecule has 4 heteroatoms. The summed E-state index contributed by atoms with van der Waals surface area (Å²) in [6.45, 7) is 6.21. The molecule has 1 aliphatic heterocycles. The Morgan fingerprint density at radius 3 is 2.50 bits per heavy atom. The van der Waals surface area contributed by atoms with Gasteiger partial charge in [-0.15, -0.1) is 0 Å². The normalized spacial score (nSPS) is 20.1. The minimum atomic E-state index is -0.490. The Balaban J connectivity index is 2.02. The molecule has 0 radical (unpaired) electrons. The molecule has 0 spiro atoms. The lowest BCUT2D eigenvalue weighted by Crippen LogP contribution is -2.36. The van der Waals surface area contributed by atoms with Crippen molar-refractivity contribution in [2.24, 2.45) is 0 Å². The first-order valence-electron chi connectivity index (χ1n) is 6.12.